The second kappa shape index (κ2) is 4.91. The fraction of sp³-hybridized carbons (Fsp3) is 0.333. The standard InChI is InChI=1S/C12H11F3N2O2/c13-12(14,15)8-2-1-3-9(5-8)17-11(19)7-4-10(18)16-6-7/h1-3,5,7H,4,6H2,(H,16,18)(H,17,19). The van der Waals surface area contributed by atoms with Crippen molar-refractivity contribution in [2.45, 2.75) is 12.6 Å². The Morgan fingerprint density at radius 3 is 2.68 bits per heavy atom. The van der Waals surface area contributed by atoms with E-state index in [2.05, 4.69) is 10.6 Å². The minimum Gasteiger partial charge on any atom is -0.355 e. The number of benzene rings is 1. The highest BCUT2D eigenvalue weighted by Crippen LogP contribution is 2.30. The third-order valence-electron chi connectivity index (χ3n) is 2.81. The molecule has 1 atom stereocenters. The highest BCUT2D eigenvalue weighted by Gasteiger charge is 2.31. The lowest BCUT2D eigenvalue weighted by Gasteiger charge is -2.11. The predicted octanol–water partition coefficient (Wildman–Crippen LogP) is 1.78. The molecule has 1 fully saturated rings. The van der Waals surface area contributed by atoms with Crippen molar-refractivity contribution >= 4 is 17.5 Å². The molecular formula is C12H11F3N2O2. The van der Waals surface area contributed by atoms with Crippen LogP contribution in [0.3, 0.4) is 0 Å². The van der Waals surface area contributed by atoms with E-state index < -0.39 is 23.6 Å². The molecule has 1 aliphatic rings. The minimum atomic E-state index is -4.45. The van der Waals surface area contributed by atoms with E-state index in [4.69, 9.17) is 0 Å². The minimum absolute atomic E-state index is 0.0603. The number of nitrogens with one attached hydrogen (secondary N) is 2. The monoisotopic (exact) mass is 272 g/mol. The van der Waals surface area contributed by atoms with Gasteiger partial charge in [-0.15, -0.1) is 0 Å². The first kappa shape index (κ1) is 13.4. The van der Waals surface area contributed by atoms with Crippen LogP contribution in [0.5, 0.6) is 0 Å². The van der Waals surface area contributed by atoms with Crippen LogP contribution in [0.1, 0.15) is 12.0 Å². The van der Waals surface area contributed by atoms with Crippen molar-refractivity contribution in [3.05, 3.63) is 29.8 Å². The van der Waals surface area contributed by atoms with Crippen LogP contribution in [0.15, 0.2) is 24.3 Å². The average molecular weight is 272 g/mol. The number of amides is 2. The highest BCUT2D eigenvalue weighted by atomic mass is 19.4. The van der Waals surface area contributed by atoms with E-state index in [1.807, 2.05) is 0 Å². The molecule has 0 saturated carbocycles. The van der Waals surface area contributed by atoms with Gasteiger partial charge in [0.1, 0.15) is 0 Å². The van der Waals surface area contributed by atoms with Gasteiger partial charge < -0.3 is 10.6 Å². The molecule has 1 unspecified atom stereocenters. The Morgan fingerprint density at radius 1 is 1.37 bits per heavy atom. The van der Waals surface area contributed by atoms with E-state index >= 15 is 0 Å². The van der Waals surface area contributed by atoms with Crippen LogP contribution in [0.2, 0.25) is 0 Å². The van der Waals surface area contributed by atoms with Crippen molar-refractivity contribution in [1.29, 1.82) is 0 Å². The number of alkyl halides is 3. The molecule has 1 heterocycles. The zero-order valence-electron chi connectivity index (χ0n) is 9.75. The molecule has 102 valence electrons. The van der Waals surface area contributed by atoms with Crippen LogP contribution >= 0.6 is 0 Å². The van der Waals surface area contributed by atoms with Gasteiger partial charge in [-0.2, -0.15) is 13.2 Å². The van der Waals surface area contributed by atoms with E-state index in [0.29, 0.717) is 0 Å². The molecule has 1 saturated heterocycles. The summed E-state index contributed by atoms with van der Waals surface area (Å²) in [5.41, 5.74) is -0.759. The molecule has 1 aromatic carbocycles. The van der Waals surface area contributed by atoms with E-state index in [1.165, 1.54) is 12.1 Å². The predicted molar refractivity (Wildman–Crippen MR) is 61.2 cm³/mol. The third-order valence-corrected chi connectivity index (χ3v) is 2.81. The summed E-state index contributed by atoms with van der Waals surface area (Å²) < 4.78 is 37.5. The van der Waals surface area contributed by atoms with E-state index in [-0.39, 0.29) is 24.6 Å². The van der Waals surface area contributed by atoms with Gasteiger partial charge in [0.05, 0.1) is 11.5 Å². The maximum atomic E-state index is 12.5. The van der Waals surface area contributed by atoms with Crippen LogP contribution in [0, 0.1) is 5.92 Å². The molecule has 7 heteroatoms. The molecule has 1 aliphatic heterocycles. The second-order valence-electron chi connectivity index (χ2n) is 4.27. The van der Waals surface area contributed by atoms with Gasteiger partial charge in [0.15, 0.2) is 0 Å². The van der Waals surface area contributed by atoms with E-state index in [0.717, 1.165) is 12.1 Å². The van der Waals surface area contributed by atoms with Gasteiger partial charge in [0.2, 0.25) is 11.8 Å². The van der Waals surface area contributed by atoms with Gasteiger partial charge in [0, 0.05) is 18.7 Å². The Kier molecular flexibility index (Phi) is 3.46. The summed E-state index contributed by atoms with van der Waals surface area (Å²) in [6, 6.07) is 4.38. The van der Waals surface area contributed by atoms with Crippen molar-refractivity contribution < 1.29 is 22.8 Å². The largest absolute Gasteiger partial charge is 0.416 e. The number of halogens is 3. The van der Waals surface area contributed by atoms with E-state index in [9.17, 15) is 22.8 Å². The Bertz CT molecular complexity index is 514. The Labute approximate surface area is 107 Å². The number of hydrogen-bond donors (Lipinski definition) is 2. The Morgan fingerprint density at radius 2 is 2.11 bits per heavy atom. The van der Waals surface area contributed by atoms with Gasteiger partial charge in [-0.25, -0.2) is 0 Å². The lowest BCUT2D eigenvalue weighted by molar-refractivity contribution is -0.137. The smallest absolute Gasteiger partial charge is 0.355 e. The van der Waals surface area contributed by atoms with Gasteiger partial charge in [-0.3, -0.25) is 9.59 Å². The summed E-state index contributed by atoms with van der Waals surface area (Å²) in [5.74, 6) is -1.23. The number of hydrogen-bond acceptors (Lipinski definition) is 2. The topological polar surface area (TPSA) is 58.2 Å². The Balaban J connectivity index is 2.07. The molecule has 0 aliphatic carbocycles. The molecule has 1 aromatic rings. The summed E-state index contributed by atoms with van der Waals surface area (Å²) in [5, 5.41) is 4.88. The van der Waals surface area contributed by atoms with Gasteiger partial charge in [-0.1, -0.05) is 6.07 Å². The molecule has 0 aromatic heterocycles. The van der Waals surface area contributed by atoms with Crippen LogP contribution in [-0.2, 0) is 15.8 Å². The van der Waals surface area contributed by atoms with Gasteiger partial charge in [-0.05, 0) is 18.2 Å². The number of carbonyl (C=O) groups excluding carboxylic acids is 2. The normalized spacial score (nSPS) is 19.1. The zero-order chi connectivity index (χ0) is 14.0. The van der Waals surface area contributed by atoms with Crippen molar-refractivity contribution in [1.82, 2.24) is 5.32 Å². The quantitative estimate of drug-likeness (QED) is 0.862. The number of anilines is 1. The van der Waals surface area contributed by atoms with Crippen molar-refractivity contribution in [2.24, 2.45) is 5.92 Å². The number of rotatable bonds is 2. The maximum absolute atomic E-state index is 12.5. The summed E-state index contributed by atoms with van der Waals surface area (Å²) in [6.07, 6.45) is -4.39. The van der Waals surface area contributed by atoms with Crippen LogP contribution in [0.4, 0.5) is 18.9 Å². The molecule has 2 rings (SSSR count). The molecule has 0 spiro atoms. The summed E-state index contributed by atoms with van der Waals surface area (Å²) in [7, 11) is 0. The second-order valence-corrected chi connectivity index (χ2v) is 4.27. The summed E-state index contributed by atoms with van der Waals surface area (Å²) >= 11 is 0. The molecule has 2 N–H and O–H groups in total. The molecular weight excluding hydrogens is 261 g/mol. The fourth-order valence-electron chi connectivity index (χ4n) is 1.81. The van der Waals surface area contributed by atoms with Crippen molar-refractivity contribution in [2.75, 3.05) is 11.9 Å². The Hall–Kier alpha value is -2.05. The molecule has 19 heavy (non-hydrogen) atoms. The maximum Gasteiger partial charge on any atom is 0.416 e. The zero-order valence-corrected chi connectivity index (χ0v) is 9.75. The van der Waals surface area contributed by atoms with Crippen LogP contribution < -0.4 is 10.6 Å². The lowest BCUT2D eigenvalue weighted by Crippen LogP contribution is -2.24. The van der Waals surface area contributed by atoms with Crippen molar-refractivity contribution in [3.63, 3.8) is 0 Å². The summed E-state index contributed by atoms with van der Waals surface area (Å²) in [6.45, 7) is 0.212. The first-order valence-electron chi connectivity index (χ1n) is 5.61. The highest BCUT2D eigenvalue weighted by molar-refractivity contribution is 5.97. The SMILES string of the molecule is O=C1CC(C(=O)Nc2cccc(C(F)(F)F)c2)CN1. The fourth-order valence-corrected chi connectivity index (χ4v) is 1.81. The van der Waals surface area contributed by atoms with Crippen LogP contribution in [0.25, 0.3) is 0 Å². The molecule has 2 amide bonds. The van der Waals surface area contributed by atoms with E-state index in [1.54, 1.807) is 0 Å². The molecule has 0 bridgehead atoms. The van der Waals surface area contributed by atoms with Crippen molar-refractivity contribution in [3.8, 4) is 0 Å². The molecule has 0 radical (unpaired) electrons. The average Bonchev–Trinajstić information content (AvgIpc) is 2.75. The lowest BCUT2D eigenvalue weighted by atomic mass is 10.1. The first-order valence-corrected chi connectivity index (χ1v) is 5.61. The third kappa shape index (κ3) is 3.24. The first-order chi connectivity index (χ1) is 8.86. The van der Waals surface area contributed by atoms with Crippen LogP contribution in [-0.4, -0.2) is 18.4 Å². The molecule has 4 nitrogen and oxygen atoms in total. The summed E-state index contributed by atoms with van der Waals surface area (Å²) in [4.78, 5) is 22.7. The van der Waals surface area contributed by atoms with Gasteiger partial charge in [0.25, 0.3) is 0 Å². The number of carbonyl (C=O) groups is 2. The van der Waals surface area contributed by atoms with Gasteiger partial charge >= 0.3 is 6.18 Å².